The van der Waals surface area contributed by atoms with E-state index in [1.807, 2.05) is 37.4 Å². The Morgan fingerprint density at radius 3 is 2.82 bits per heavy atom. The van der Waals surface area contributed by atoms with Crippen molar-refractivity contribution in [3.63, 3.8) is 0 Å². The number of phenolic OH excluding ortho intramolecular Hbond substituents is 1. The number of aromatic nitrogens is 1. The van der Waals surface area contributed by atoms with Crippen LogP contribution in [-0.2, 0) is 6.54 Å². The van der Waals surface area contributed by atoms with Gasteiger partial charge in [0.25, 0.3) is 0 Å². The molecule has 1 unspecified atom stereocenters. The van der Waals surface area contributed by atoms with E-state index in [2.05, 4.69) is 10.3 Å². The number of thiazole rings is 1. The number of para-hydroxylation sites is 1. The van der Waals surface area contributed by atoms with Crippen LogP contribution in [0.4, 0.5) is 0 Å². The highest BCUT2D eigenvalue weighted by Gasteiger charge is 2.09. The SMILES string of the molecule is Cc1csc(CNC(C)c2ccccc2O)n1. The van der Waals surface area contributed by atoms with Crippen molar-refractivity contribution in [2.24, 2.45) is 0 Å². The summed E-state index contributed by atoms with van der Waals surface area (Å²) < 4.78 is 0. The van der Waals surface area contributed by atoms with Gasteiger partial charge in [0.1, 0.15) is 10.8 Å². The zero-order valence-electron chi connectivity index (χ0n) is 9.97. The van der Waals surface area contributed by atoms with Gasteiger partial charge >= 0.3 is 0 Å². The minimum absolute atomic E-state index is 0.111. The summed E-state index contributed by atoms with van der Waals surface area (Å²) in [5.41, 5.74) is 1.97. The molecule has 1 atom stereocenters. The van der Waals surface area contributed by atoms with Crippen LogP contribution < -0.4 is 5.32 Å². The normalized spacial score (nSPS) is 12.6. The number of rotatable bonds is 4. The van der Waals surface area contributed by atoms with Crippen molar-refractivity contribution in [1.82, 2.24) is 10.3 Å². The maximum Gasteiger partial charge on any atom is 0.120 e. The van der Waals surface area contributed by atoms with Gasteiger partial charge in [-0.2, -0.15) is 0 Å². The van der Waals surface area contributed by atoms with E-state index in [9.17, 15) is 5.11 Å². The van der Waals surface area contributed by atoms with Gasteiger partial charge in [0.05, 0.1) is 0 Å². The lowest BCUT2D eigenvalue weighted by Crippen LogP contribution is -2.18. The Kier molecular flexibility index (Phi) is 3.76. The molecule has 3 nitrogen and oxygen atoms in total. The number of hydrogen-bond donors (Lipinski definition) is 2. The fourth-order valence-corrected chi connectivity index (χ4v) is 2.41. The quantitative estimate of drug-likeness (QED) is 0.874. The Hall–Kier alpha value is -1.39. The Labute approximate surface area is 105 Å². The molecule has 4 heteroatoms. The molecule has 1 aromatic carbocycles. The van der Waals surface area contributed by atoms with Crippen molar-refractivity contribution in [2.75, 3.05) is 0 Å². The minimum Gasteiger partial charge on any atom is -0.508 e. The van der Waals surface area contributed by atoms with Crippen molar-refractivity contribution >= 4 is 11.3 Å². The van der Waals surface area contributed by atoms with Gasteiger partial charge in [-0.05, 0) is 19.9 Å². The number of aromatic hydroxyl groups is 1. The number of aryl methyl sites for hydroxylation is 1. The maximum absolute atomic E-state index is 9.73. The molecule has 2 rings (SSSR count). The maximum atomic E-state index is 9.73. The standard InChI is InChI=1S/C13H16N2OS/c1-9-8-17-13(15-9)7-14-10(2)11-5-3-4-6-12(11)16/h3-6,8,10,14,16H,7H2,1-2H3. The van der Waals surface area contributed by atoms with E-state index in [1.165, 1.54) is 0 Å². The third-order valence-electron chi connectivity index (χ3n) is 2.63. The second-order valence-corrected chi connectivity index (χ2v) is 4.99. The molecule has 0 amide bonds. The van der Waals surface area contributed by atoms with Crippen molar-refractivity contribution in [3.05, 3.63) is 45.9 Å². The van der Waals surface area contributed by atoms with Gasteiger partial charge in [-0.15, -0.1) is 11.3 Å². The molecule has 0 aliphatic carbocycles. The van der Waals surface area contributed by atoms with E-state index in [4.69, 9.17) is 0 Å². The van der Waals surface area contributed by atoms with Gasteiger partial charge in [0.15, 0.2) is 0 Å². The minimum atomic E-state index is 0.111. The van der Waals surface area contributed by atoms with Crippen molar-refractivity contribution in [1.29, 1.82) is 0 Å². The summed E-state index contributed by atoms with van der Waals surface area (Å²) in [6, 6.07) is 7.51. The van der Waals surface area contributed by atoms with Crippen LogP contribution in [0.3, 0.4) is 0 Å². The van der Waals surface area contributed by atoms with Crippen LogP contribution in [0.2, 0.25) is 0 Å². The van der Waals surface area contributed by atoms with Gasteiger partial charge in [0.2, 0.25) is 0 Å². The number of hydrogen-bond acceptors (Lipinski definition) is 4. The van der Waals surface area contributed by atoms with Crippen LogP contribution >= 0.6 is 11.3 Å². The first-order valence-electron chi connectivity index (χ1n) is 5.59. The van der Waals surface area contributed by atoms with Gasteiger partial charge in [-0.25, -0.2) is 4.98 Å². The van der Waals surface area contributed by atoms with E-state index < -0.39 is 0 Å². The molecular formula is C13H16N2OS. The lowest BCUT2D eigenvalue weighted by atomic mass is 10.1. The molecule has 0 saturated carbocycles. The van der Waals surface area contributed by atoms with E-state index in [1.54, 1.807) is 17.4 Å². The van der Waals surface area contributed by atoms with E-state index in [-0.39, 0.29) is 6.04 Å². The summed E-state index contributed by atoms with van der Waals surface area (Å²) in [5.74, 6) is 0.336. The van der Waals surface area contributed by atoms with Gasteiger partial charge in [-0.3, -0.25) is 0 Å². The molecule has 1 heterocycles. The Balaban J connectivity index is 1.98. The molecular weight excluding hydrogens is 232 g/mol. The predicted octanol–water partition coefficient (Wildman–Crippen LogP) is 3.01. The molecule has 0 bridgehead atoms. The van der Waals surface area contributed by atoms with Crippen LogP contribution in [0, 0.1) is 6.92 Å². The second kappa shape index (κ2) is 5.29. The van der Waals surface area contributed by atoms with E-state index >= 15 is 0 Å². The van der Waals surface area contributed by atoms with E-state index in [0.29, 0.717) is 5.75 Å². The summed E-state index contributed by atoms with van der Waals surface area (Å²) in [5, 5.41) is 16.2. The zero-order valence-corrected chi connectivity index (χ0v) is 10.8. The topological polar surface area (TPSA) is 45.1 Å². The Morgan fingerprint density at radius 1 is 1.41 bits per heavy atom. The molecule has 0 spiro atoms. The number of phenols is 1. The number of benzene rings is 1. The van der Waals surface area contributed by atoms with Gasteiger partial charge in [-0.1, -0.05) is 18.2 Å². The Bertz CT molecular complexity index is 496. The lowest BCUT2D eigenvalue weighted by molar-refractivity contribution is 0.452. The summed E-state index contributed by atoms with van der Waals surface area (Å²) in [6.07, 6.45) is 0. The second-order valence-electron chi connectivity index (χ2n) is 4.04. The highest BCUT2D eigenvalue weighted by molar-refractivity contribution is 7.09. The van der Waals surface area contributed by atoms with Crippen LogP contribution in [0.25, 0.3) is 0 Å². The number of nitrogens with one attached hydrogen (secondary N) is 1. The fraction of sp³-hybridized carbons (Fsp3) is 0.308. The highest BCUT2D eigenvalue weighted by Crippen LogP contribution is 2.23. The summed E-state index contributed by atoms with van der Waals surface area (Å²) in [4.78, 5) is 4.39. The summed E-state index contributed by atoms with van der Waals surface area (Å²) in [6.45, 7) is 4.76. The van der Waals surface area contributed by atoms with Crippen molar-refractivity contribution < 1.29 is 5.11 Å². The first kappa shape index (κ1) is 12.1. The van der Waals surface area contributed by atoms with Crippen LogP contribution in [0.1, 0.15) is 29.2 Å². The van der Waals surface area contributed by atoms with Crippen LogP contribution in [-0.4, -0.2) is 10.1 Å². The Morgan fingerprint density at radius 2 is 2.18 bits per heavy atom. The van der Waals surface area contributed by atoms with Crippen molar-refractivity contribution in [2.45, 2.75) is 26.4 Å². The average molecular weight is 248 g/mol. The molecule has 0 fully saturated rings. The molecule has 2 aromatic rings. The molecule has 0 aliphatic heterocycles. The van der Waals surface area contributed by atoms with Crippen LogP contribution in [0.5, 0.6) is 5.75 Å². The van der Waals surface area contributed by atoms with Gasteiger partial charge < -0.3 is 10.4 Å². The first-order valence-corrected chi connectivity index (χ1v) is 6.47. The number of nitrogens with zero attached hydrogens (tertiary/aromatic N) is 1. The highest BCUT2D eigenvalue weighted by atomic mass is 32.1. The third kappa shape index (κ3) is 3.05. The molecule has 2 N–H and O–H groups in total. The van der Waals surface area contributed by atoms with E-state index in [0.717, 1.165) is 22.8 Å². The summed E-state index contributed by atoms with van der Waals surface area (Å²) >= 11 is 1.65. The third-order valence-corrected chi connectivity index (χ3v) is 3.60. The van der Waals surface area contributed by atoms with Gasteiger partial charge in [0, 0.05) is 29.2 Å². The molecule has 0 aliphatic rings. The molecule has 0 radical (unpaired) electrons. The first-order chi connectivity index (χ1) is 8.16. The molecule has 0 saturated heterocycles. The monoisotopic (exact) mass is 248 g/mol. The largest absolute Gasteiger partial charge is 0.508 e. The van der Waals surface area contributed by atoms with Crippen LogP contribution in [0.15, 0.2) is 29.6 Å². The molecule has 1 aromatic heterocycles. The average Bonchev–Trinajstić information content (AvgIpc) is 2.73. The lowest BCUT2D eigenvalue weighted by Gasteiger charge is -2.14. The predicted molar refractivity (Wildman–Crippen MR) is 70.2 cm³/mol. The summed E-state index contributed by atoms with van der Waals surface area (Å²) in [7, 11) is 0. The molecule has 90 valence electrons. The van der Waals surface area contributed by atoms with Crippen molar-refractivity contribution in [3.8, 4) is 5.75 Å². The fourth-order valence-electron chi connectivity index (χ4n) is 1.69. The zero-order chi connectivity index (χ0) is 12.3. The smallest absolute Gasteiger partial charge is 0.120 e. The molecule has 17 heavy (non-hydrogen) atoms.